The minimum atomic E-state index is -0.969. The number of imidazole rings is 1. The van der Waals surface area contributed by atoms with Crippen LogP contribution in [0.4, 0.5) is 0 Å². The summed E-state index contributed by atoms with van der Waals surface area (Å²) in [4.78, 5) is 45.0. The van der Waals surface area contributed by atoms with Crippen molar-refractivity contribution in [2.45, 2.75) is 44.8 Å². The fourth-order valence-corrected chi connectivity index (χ4v) is 6.44. The highest BCUT2D eigenvalue weighted by Crippen LogP contribution is 2.37. The van der Waals surface area contributed by atoms with Crippen molar-refractivity contribution < 1.29 is 24.2 Å². The molecule has 4 aromatic carbocycles. The molecule has 246 valence electrons. The number of aromatic nitrogens is 2. The highest BCUT2D eigenvalue weighted by atomic mass is 16.5. The van der Waals surface area contributed by atoms with E-state index in [1.165, 1.54) is 6.42 Å². The van der Waals surface area contributed by atoms with Crippen LogP contribution in [0, 0.1) is 0 Å². The zero-order chi connectivity index (χ0) is 33.9. The Morgan fingerprint density at radius 3 is 2.00 bits per heavy atom. The molecule has 1 heterocycles. The molecule has 5 aromatic rings. The summed E-state index contributed by atoms with van der Waals surface area (Å²) >= 11 is 0. The van der Waals surface area contributed by atoms with E-state index in [1.54, 1.807) is 50.1 Å². The van der Waals surface area contributed by atoms with Gasteiger partial charge in [0.05, 0.1) is 16.6 Å². The van der Waals surface area contributed by atoms with E-state index < -0.39 is 5.97 Å². The molecular formula is C39H40N4O5. The van der Waals surface area contributed by atoms with E-state index in [0.717, 1.165) is 59.3 Å². The number of carboxylic acid groups (broad SMARTS) is 1. The number of aromatic carboxylic acids is 1. The summed E-state index contributed by atoms with van der Waals surface area (Å²) in [6, 6.07) is 26.3. The first-order chi connectivity index (χ1) is 23.1. The molecule has 0 spiro atoms. The molecule has 1 N–H and O–H groups in total. The molecule has 1 aromatic heterocycles. The first-order valence-electron chi connectivity index (χ1n) is 16.3. The second-order valence-corrected chi connectivity index (χ2v) is 12.8. The number of amides is 2. The van der Waals surface area contributed by atoms with Gasteiger partial charge in [-0.2, -0.15) is 0 Å². The van der Waals surface area contributed by atoms with Gasteiger partial charge in [-0.15, -0.1) is 0 Å². The number of nitrogens with zero attached hydrogens (tertiary/aromatic N) is 4. The minimum absolute atomic E-state index is 0.0696. The van der Waals surface area contributed by atoms with Crippen LogP contribution in [0.5, 0.6) is 5.75 Å². The fourth-order valence-electron chi connectivity index (χ4n) is 6.44. The molecule has 0 unspecified atom stereocenters. The van der Waals surface area contributed by atoms with E-state index in [0.29, 0.717) is 28.4 Å². The zero-order valence-corrected chi connectivity index (χ0v) is 27.8. The van der Waals surface area contributed by atoms with Crippen LogP contribution in [-0.4, -0.2) is 70.4 Å². The minimum Gasteiger partial charge on any atom is -0.489 e. The number of carbonyl (C=O) groups excluding carboxylic acids is 2. The molecule has 1 aliphatic carbocycles. The number of hydrogen-bond donors (Lipinski definition) is 1. The number of ether oxygens (including phenoxy) is 1. The molecule has 1 aliphatic rings. The third-order valence-electron chi connectivity index (χ3n) is 8.99. The van der Waals surface area contributed by atoms with Gasteiger partial charge in [-0.3, -0.25) is 9.59 Å². The Hall–Kier alpha value is -5.44. The van der Waals surface area contributed by atoms with Gasteiger partial charge in [0.1, 0.15) is 18.2 Å². The number of fused-ring (bicyclic) bond motifs is 1. The molecule has 0 radical (unpaired) electrons. The largest absolute Gasteiger partial charge is 0.489 e. The second-order valence-electron chi connectivity index (χ2n) is 12.8. The Labute approximate surface area is 280 Å². The highest BCUT2D eigenvalue weighted by Gasteiger charge is 2.23. The van der Waals surface area contributed by atoms with Crippen molar-refractivity contribution >= 4 is 28.8 Å². The molecule has 2 amide bonds. The van der Waals surface area contributed by atoms with E-state index in [4.69, 9.17) is 9.72 Å². The normalized spacial score (nSPS) is 13.3. The maximum atomic E-state index is 12.8. The smallest absolute Gasteiger partial charge is 0.335 e. The Morgan fingerprint density at radius 2 is 1.35 bits per heavy atom. The predicted octanol–water partition coefficient (Wildman–Crippen LogP) is 7.56. The lowest BCUT2D eigenvalue weighted by Crippen LogP contribution is -2.22. The maximum Gasteiger partial charge on any atom is 0.335 e. The van der Waals surface area contributed by atoms with Gasteiger partial charge in [-0.25, -0.2) is 9.78 Å². The first-order valence-corrected chi connectivity index (χ1v) is 16.3. The molecule has 48 heavy (non-hydrogen) atoms. The number of carboxylic acids is 1. The SMILES string of the molecule is CN(C)C(=O)c1ccc(-c2ccc(C(=O)N(C)C)cc2COc2ccc(-c3nc4cc(C(=O)O)ccc4n3C3CCCCC3)cc2)cc1. The van der Waals surface area contributed by atoms with Gasteiger partial charge in [0.2, 0.25) is 0 Å². The summed E-state index contributed by atoms with van der Waals surface area (Å²) < 4.78 is 8.59. The standard InChI is InChI=1S/C39H40N4O5/c1-41(2)37(44)27-12-10-25(11-13-27)33-20-16-28(38(45)42(3)4)22-30(33)24-48-32-18-14-26(15-19-32)36-40-34-23-29(39(46)47)17-21-35(34)43(36)31-8-6-5-7-9-31/h10-23,31H,5-9,24H2,1-4H3,(H,46,47). The molecule has 0 saturated heterocycles. The van der Waals surface area contributed by atoms with Crippen LogP contribution in [0.25, 0.3) is 33.5 Å². The van der Waals surface area contributed by atoms with Crippen LogP contribution in [0.3, 0.4) is 0 Å². The average molecular weight is 645 g/mol. The highest BCUT2D eigenvalue weighted by molar-refractivity contribution is 5.96. The van der Waals surface area contributed by atoms with Crippen LogP contribution in [0.15, 0.2) is 84.9 Å². The lowest BCUT2D eigenvalue weighted by atomic mass is 9.95. The number of benzene rings is 4. The topological polar surface area (TPSA) is 105 Å². The number of carbonyl (C=O) groups is 3. The van der Waals surface area contributed by atoms with Crippen molar-refractivity contribution in [2.24, 2.45) is 0 Å². The molecule has 1 saturated carbocycles. The van der Waals surface area contributed by atoms with Gasteiger partial charge in [-0.05, 0) is 96.3 Å². The van der Waals surface area contributed by atoms with E-state index >= 15 is 0 Å². The monoisotopic (exact) mass is 644 g/mol. The summed E-state index contributed by atoms with van der Waals surface area (Å²) in [6.07, 6.45) is 5.67. The van der Waals surface area contributed by atoms with Crippen molar-refractivity contribution in [2.75, 3.05) is 28.2 Å². The van der Waals surface area contributed by atoms with Crippen LogP contribution in [0.2, 0.25) is 0 Å². The van der Waals surface area contributed by atoms with Crippen molar-refractivity contribution in [1.82, 2.24) is 19.4 Å². The van der Waals surface area contributed by atoms with Gasteiger partial charge >= 0.3 is 5.97 Å². The van der Waals surface area contributed by atoms with Crippen LogP contribution in [-0.2, 0) is 6.61 Å². The summed E-state index contributed by atoms with van der Waals surface area (Å²) in [5.74, 6) is 0.340. The van der Waals surface area contributed by atoms with E-state index in [1.807, 2.05) is 72.8 Å². The molecule has 1 fully saturated rings. The first kappa shape index (κ1) is 32.5. The zero-order valence-electron chi connectivity index (χ0n) is 27.8. The van der Waals surface area contributed by atoms with E-state index in [2.05, 4.69) is 4.57 Å². The van der Waals surface area contributed by atoms with Gasteiger partial charge in [0, 0.05) is 50.9 Å². The summed E-state index contributed by atoms with van der Waals surface area (Å²) in [6.45, 7) is 0.222. The summed E-state index contributed by atoms with van der Waals surface area (Å²) in [5, 5.41) is 9.57. The Bertz CT molecular complexity index is 1970. The lowest BCUT2D eigenvalue weighted by Gasteiger charge is -2.25. The average Bonchev–Trinajstić information content (AvgIpc) is 3.49. The van der Waals surface area contributed by atoms with Gasteiger partial charge in [0.15, 0.2) is 0 Å². The predicted molar refractivity (Wildman–Crippen MR) is 186 cm³/mol. The van der Waals surface area contributed by atoms with Gasteiger partial charge < -0.3 is 24.2 Å². The molecule has 0 bridgehead atoms. The molecular weight excluding hydrogens is 604 g/mol. The Balaban J connectivity index is 1.29. The van der Waals surface area contributed by atoms with Gasteiger partial charge in [-0.1, -0.05) is 37.5 Å². The molecule has 0 atom stereocenters. The van der Waals surface area contributed by atoms with Crippen molar-refractivity contribution in [3.8, 4) is 28.3 Å². The molecule has 6 rings (SSSR count). The van der Waals surface area contributed by atoms with Crippen molar-refractivity contribution in [3.05, 3.63) is 107 Å². The summed E-state index contributed by atoms with van der Waals surface area (Å²) in [5.41, 5.74) is 6.59. The van der Waals surface area contributed by atoms with Crippen molar-refractivity contribution in [1.29, 1.82) is 0 Å². The lowest BCUT2D eigenvalue weighted by molar-refractivity contribution is 0.0696. The van der Waals surface area contributed by atoms with Gasteiger partial charge in [0.25, 0.3) is 11.8 Å². The molecule has 0 aliphatic heterocycles. The Kier molecular flexibility index (Phi) is 9.30. The van der Waals surface area contributed by atoms with Crippen molar-refractivity contribution in [3.63, 3.8) is 0 Å². The third kappa shape index (κ3) is 6.67. The number of rotatable bonds is 9. The maximum absolute atomic E-state index is 12.8. The van der Waals surface area contributed by atoms with Crippen LogP contribution < -0.4 is 4.74 Å². The Morgan fingerprint density at radius 1 is 0.750 bits per heavy atom. The second kappa shape index (κ2) is 13.7. The van der Waals surface area contributed by atoms with E-state index in [9.17, 15) is 19.5 Å². The number of hydrogen-bond acceptors (Lipinski definition) is 5. The summed E-state index contributed by atoms with van der Waals surface area (Å²) in [7, 11) is 6.90. The quantitative estimate of drug-likeness (QED) is 0.178. The van der Waals surface area contributed by atoms with Crippen LogP contribution >= 0.6 is 0 Å². The molecule has 9 nitrogen and oxygen atoms in total. The van der Waals surface area contributed by atoms with E-state index in [-0.39, 0.29) is 24.0 Å². The van der Waals surface area contributed by atoms with Crippen LogP contribution in [0.1, 0.15) is 74.8 Å². The fraction of sp³-hybridized carbons (Fsp3) is 0.282. The third-order valence-corrected chi connectivity index (χ3v) is 8.99. The molecule has 9 heteroatoms.